The van der Waals surface area contributed by atoms with E-state index in [1.165, 1.54) is 11.9 Å². The van der Waals surface area contributed by atoms with E-state index in [4.69, 9.17) is 5.26 Å². The monoisotopic (exact) mass is 318 g/mol. The van der Waals surface area contributed by atoms with Crippen LogP contribution in [-0.4, -0.2) is 19.0 Å². The molecule has 0 amide bonds. The summed E-state index contributed by atoms with van der Waals surface area (Å²) in [5.74, 6) is -0.101. The zero-order valence-electron chi connectivity index (χ0n) is 11.8. The fourth-order valence-electron chi connectivity index (χ4n) is 2.54. The number of hydrogen-bond acceptors (Lipinski definition) is 5. The summed E-state index contributed by atoms with van der Waals surface area (Å²) in [6.45, 7) is 0. The number of benzene rings is 1. The van der Waals surface area contributed by atoms with Crippen molar-refractivity contribution >= 4 is 33.9 Å². The molecule has 0 saturated carbocycles. The van der Waals surface area contributed by atoms with Gasteiger partial charge in [-0.25, -0.2) is 9.97 Å². The van der Waals surface area contributed by atoms with Gasteiger partial charge in [0.1, 0.15) is 6.07 Å². The van der Waals surface area contributed by atoms with Gasteiger partial charge in [-0.15, -0.1) is 0 Å². The molecule has 0 saturated heterocycles. The third-order valence-electron chi connectivity index (χ3n) is 3.55. The van der Waals surface area contributed by atoms with Crippen molar-refractivity contribution in [2.45, 2.75) is 4.90 Å². The predicted octanol–water partition coefficient (Wildman–Crippen LogP) is 3.72. The van der Waals surface area contributed by atoms with E-state index in [1.807, 2.05) is 52.5 Å². The van der Waals surface area contributed by atoms with Crippen molar-refractivity contribution < 1.29 is 5.11 Å². The third kappa shape index (κ3) is 2.10. The molecule has 0 aliphatic rings. The number of aromatic hydroxyl groups is 1. The van der Waals surface area contributed by atoms with Crippen LogP contribution in [0.4, 0.5) is 0 Å². The summed E-state index contributed by atoms with van der Waals surface area (Å²) in [5.41, 5.74) is 1.47. The molecule has 0 atom stereocenters. The Morgan fingerprint density at radius 2 is 1.91 bits per heavy atom. The van der Waals surface area contributed by atoms with Gasteiger partial charge in [0.05, 0.1) is 17.1 Å². The van der Waals surface area contributed by atoms with Crippen molar-refractivity contribution in [2.75, 3.05) is 0 Å². The highest BCUT2D eigenvalue weighted by atomic mass is 32.2. The fourth-order valence-corrected chi connectivity index (χ4v) is 3.50. The predicted molar refractivity (Wildman–Crippen MR) is 89.1 cm³/mol. The molecule has 1 aromatic carbocycles. The Kier molecular flexibility index (Phi) is 3.14. The van der Waals surface area contributed by atoms with Gasteiger partial charge in [-0.1, -0.05) is 18.2 Å². The Morgan fingerprint density at radius 3 is 2.70 bits per heavy atom. The van der Waals surface area contributed by atoms with Crippen molar-refractivity contribution in [1.29, 1.82) is 5.26 Å². The molecule has 0 spiro atoms. The zero-order chi connectivity index (χ0) is 15.8. The normalized spacial score (nSPS) is 10.9. The Hall–Kier alpha value is -3.04. The van der Waals surface area contributed by atoms with E-state index in [1.54, 1.807) is 12.4 Å². The smallest absolute Gasteiger partial charge is 0.183 e. The maximum atomic E-state index is 10.4. The first kappa shape index (κ1) is 13.6. The number of pyridine rings is 2. The quantitative estimate of drug-likeness (QED) is 0.609. The lowest BCUT2D eigenvalue weighted by Crippen LogP contribution is -1.90. The van der Waals surface area contributed by atoms with Crippen LogP contribution in [0.2, 0.25) is 0 Å². The fraction of sp³-hybridized carbons (Fsp3) is 0. The van der Waals surface area contributed by atoms with Crippen LogP contribution in [0.15, 0.2) is 59.8 Å². The van der Waals surface area contributed by atoms with E-state index >= 15 is 0 Å². The maximum Gasteiger partial charge on any atom is 0.183 e. The molecule has 23 heavy (non-hydrogen) atoms. The Labute approximate surface area is 136 Å². The number of rotatable bonds is 2. The SMILES string of the molecule is N#Cc1ncc2c(c1O)c1cccnc1n2Sc1ccccc1. The van der Waals surface area contributed by atoms with Crippen molar-refractivity contribution in [2.24, 2.45) is 0 Å². The van der Waals surface area contributed by atoms with Crippen LogP contribution in [0.25, 0.3) is 21.9 Å². The molecule has 0 fully saturated rings. The van der Waals surface area contributed by atoms with E-state index in [-0.39, 0.29) is 11.4 Å². The first-order chi connectivity index (χ1) is 11.3. The minimum atomic E-state index is -0.101. The van der Waals surface area contributed by atoms with Gasteiger partial charge < -0.3 is 5.11 Å². The summed E-state index contributed by atoms with van der Waals surface area (Å²) < 4.78 is 1.92. The van der Waals surface area contributed by atoms with Crippen molar-refractivity contribution in [3.63, 3.8) is 0 Å². The second-order valence-electron chi connectivity index (χ2n) is 4.90. The Balaban J connectivity index is 2.06. The number of fused-ring (bicyclic) bond motifs is 3. The summed E-state index contributed by atoms with van der Waals surface area (Å²) in [5, 5.41) is 20.9. The van der Waals surface area contributed by atoms with E-state index < -0.39 is 0 Å². The van der Waals surface area contributed by atoms with Gasteiger partial charge in [0.15, 0.2) is 17.1 Å². The molecule has 0 aliphatic carbocycles. The lowest BCUT2D eigenvalue weighted by molar-refractivity contribution is 0.477. The highest BCUT2D eigenvalue weighted by molar-refractivity contribution is 7.98. The van der Waals surface area contributed by atoms with E-state index in [9.17, 15) is 5.11 Å². The third-order valence-corrected chi connectivity index (χ3v) is 4.58. The van der Waals surface area contributed by atoms with Gasteiger partial charge in [-0.05, 0) is 36.2 Å². The van der Waals surface area contributed by atoms with Gasteiger partial charge in [-0.3, -0.25) is 3.97 Å². The number of nitriles is 1. The summed E-state index contributed by atoms with van der Waals surface area (Å²) in [6.07, 6.45) is 3.31. The molecule has 6 heteroatoms. The average Bonchev–Trinajstić information content (AvgIpc) is 2.91. The van der Waals surface area contributed by atoms with Crippen LogP contribution in [0, 0.1) is 11.3 Å². The van der Waals surface area contributed by atoms with Gasteiger partial charge in [0.2, 0.25) is 0 Å². The number of aromatic nitrogens is 3. The lowest BCUT2D eigenvalue weighted by atomic mass is 10.2. The summed E-state index contributed by atoms with van der Waals surface area (Å²) in [6, 6.07) is 15.5. The molecular weight excluding hydrogens is 308 g/mol. The first-order valence-electron chi connectivity index (χ1n) is 6.90. The molecule has 4 aromatic rings. The molecule has 0 aliphatic heterocycles. The minimum absolute atomic E-state index is 0.0186. The van der Waals surface area contributed by atoms with Crippen LogP contribution < -0.4 is 0 Å². The van der Waals surface area contributed by atoms with E-state index in [0.29, 0.717) is 5.39 Å². The zero-order valence-corrected chi connectivity index (χ0v) is 12.7. The van der Waals surface area contributed by atoms with Crippen molar-refractivity contribution in [3.8, 4) is 11.8 Å². The highest BCUT2D eigenvalue weighted by Gasteiger charge is 2.18. The molecule has 0 bridgehead atoms. The standard InChI is InChI=1S/C17H10N4OS/c18-9-13-16(22)15-12-7-4-8-19-17(12)21(14(15)10-20-13)23-11-5-2-1-3-6-11/h1-8,10,22H. The molecule has 4 rings (SSSR count). The minimum Gasteiger partial charge on any atom is -0.504 e. The summed E-state index contributed by atoms with van der Waals surface area (Å²) in [4.78, 5) is 9.52. The molecule has 0 unspecified atom stereocenters. The van der Waals surface area contributed by atoms with Crippen LogP contribution in [-0.2, 0) is 0 Å². The Bertz CT molecular complexity index is 1070. The van der Waals surface area contributed by atoms with Gasteiger partial charge in [0.25, 0.3) is 0 Å². The van der Waals surface area contributed by atoms with Gasteiger partial charge in [-0.2, -0.15) is 5.26 Å². The van der Waals surface area contributed by atoms with Gasteiger partial charge >= 0.3 is 0 Å². The molecule has 5 nitrogen and oxygen atoms in total. The maximum absolute atomic E-state index is 10.4. The molecule has 1 N–H and O–H groups in total. The topological polar surface area (TPSA) is 74.7 Å². The van der Waals surface area contributed by atoms with Crippen LogP contribution in [0.5, 0.6) is 5.75 Å². The summed E-state index contributed by atoms with van der Waals surface area (Å²) >= 11 is 1.50. The average molecular weight is 318 g/mol. The molecular formula is C17H10N4OS. The van der Waals surface area contributed by atoms with Crippen molar-refractivity contribution in [3.05, 3.63) is 60.6 Å². The first-order valence-corrected chi connectivity index (χ1v) is 7.67. The Morgan fingerprint density at radius 1 is 1.09 bits per heavy atom. The summed E-state index contributed by atoms with van der Waals surface area (Å²) in [7, 11) is 0. The second kappa shape index (κ2) is 5.30. The van der Waals surface area contributed by atoms with Crippen LogP contribution in [0.3, 0.4) is 0 Å². The highest BCUT2D eigenvalue weighted by Crippen LogP contribution is 2.38. The van der Waals surface area contributed by atoms with Crippen LogP contribution >= 0.6 is 11.9 Å². The largest absolute Gasteiger partial charge is 0.504 e. The van der Waals surface area contributed by atoms with E-state index in [0.717, 1.165) is 21.4 Å². The molecule has 3 aromatic heterocycles. The second-order valence-corrected chi connectivity index (χ2v) is 5.92. The van der Waals surface area contributed by atoms with E-state index in [2.05, 4.69) is 9.97 Å². The lowest BCUT2D eigenvalue weighted by Gasteiger charge is -2.05. The van der Waals surface area contributed by atoms with Crippen molar-refractivity contribution in [1.82, 2.24) is 13.9 Å². The molecule has 3 heterocycles. The van der Waals surface area contributed by atoms with Crippen LogP contribution in [0.1, 0.15) is 5.69 Å². The molecule has 0 radical (unpaired) electrons. The number of nitrogens with zero attached hydrogens (tertiary/aromatic N) is 4. The van der Waals surface area contributed by atoms with Gasteiger partial charge in [0, 0.05) is 16.5 Å². The number of hydrogen-bond donors (Lipinski definition) is 1. The molecule has 110 valence electrons.